The smallest absolute Gasteiger partial charge is 0.263 e. The zero-order valence-corrected chi connectivity index (χ0v) is 12.3. The molecule has 0 bridgehead atoms. The Morgan fingerprint density at radius 3 is 2.57 bits per heavy atom. The van der Waals surface area contributed by atoms with Crippen LogP contribution in [-0.2, 0) is 10.0 Å². The van der Waals surface area contributed by atoms with E-state index in [1.807, 2.05) is 24.3 Å². The Bertz CT molecular complexity index is 895. The molecule has 7 heteroatoms. The molecule has 0 fully saturated rings. The number of fused-ring (bicyclic) bond motifs is 1. The van der Waals surface area contributed by atoms with Crippen molar-refractivity contribution in [3.63, 3.8) is 0 Å². The van der Waals surface area contributed by atoms with Crippen molar-refractivity contribution < 1.29 is 8.42 Å². The summed E-state index contributed by atoms with van der Waals surface area (Å²) in [5, 5.41) is 1.09. The monoisotopic (exact) mass is 319 g/mol. The first-order valence-electron chi connectivity index (χ1n) is 6.04. The van der Waals surface area contributed by atoms with Crippen molar-refractivity contribution in [1.82, 2.24) is 9.97 Å². The molecule has 0 saturated heterocycles. The highest BCUT2D eigenvalue weighted by Crippen LogP contribution is 2.19. The van der Waals surface area contributed by atoms with Gasteiger partial charge in [0.15, 0.2) is 0 Å². The van der Waals surface area contributed by atoms with Gasteiger partial charge < -0.3 is 0 Å². The van der Waals surface area contributed by atoms with E-state index < -0.39 is 10.0 Å². The Labute approximate surface area is 126 Å². The fraction of sp³-hybridized carbons (Fsp3) is 0. The third-order valence-electron chi connectivity index (χ3n) is 2.85. The molecule has 0 aliphatic carbocycles. The van der Waals surface area contributed by atoms with Crippen LogP contribution in [0, 0.1) is 0 Å². The molecule has 0 saturated carbocycles. The van der Waals surface area contributed by atoms with Crippen LogP contribution >= 0.6 is 11.6 Å². The van der Waals surface area contributed by atoms with Crippen LogP contribution in [0.15, 0.2) is 59.8 Å². The van der Waals surface area contributed by atoms with Crippen molar-refractivity contribution in [3.05, 3.63) is 60.0 Å². The third kappa shape index (κ3) is 2.96. The average Bonchev–Trinajstić information content (AvgIpc) is 2.47. The lowest BCUT2D eigenvalue weighted by Crippen LogP contribution is -2.13. The number of para-hydroxylation sites is 1. The number of benzene rings is 1. The number of hydrogen-bond donors (Lipinski definition) is 1. The Morgan fingerprint density at radius 1 is 1.00 bits per heavy atom. The molecule has 3 aromatic rings. The van der Waals surface area contributed by atoms with Crippen LogP contribution in [0.25, 0.3) is 10.9 Å². The van der Waals surface area contributed by atoms with Gasteiger partial charge in [0, 0.05) is 11.6 Å². The molecule has 2 aromatic heterocycles. The number of nitrogens with zero attached hydrogens (tertiary/aromatic N) is 2. The summed E-state index contributed by atoms with van der Waals surface area (Å²) in [5.41, 5.74) is 1.19. The number of anilines is 1. The maximum atomic E-state index is 12.2. The van der Waals surface area contributed by atoms with E-state index in [4.69, 9.17) is 11.6 Å². The van der Waals surface area contributed by atoms with E-state index in [1.165, 1.54) is 24.5 Å². The average molecular weight is 320 g/mol. The highest BCUT2D eigenvalue weighted by atomic mass is 35.5. The van der Waals surface area contributed by atoms with Crippen LogP contribution < -0.4 is 4.72 Å². The predicted molar refractivity (Wildman–Crippen MR) is 81.8 cm³/mol. The zero-order chi connectivity index (χ0) is 14.9. The molecule has 3 rings (SSSR count). The Morgan fingerprint density at radius 2 is 1.81 bits per heavy atom. The van der Waals surface area contributed by atoms with Crippen LogP contribution in [0.1, 0.15) is 0 Å². The molecule has 0 aliphatic rings. The van der Waals surface area contributed by atoms with Crippen molar-refractivity contribution in [3.8, 4) is 0 Å². The second kappa shape index (κ2) is 5.31. The van der Waals surface area contributed by atoms with Crippen LogP contribution in [-0.4, -0.2) is 18.4 Å². The van der Waals surface area contributed by atoms with Crippen molar-refractivity contribution in [1.29, 1.82) is 0 Å². The van der Waals surface area contributed by atoms with Crippen LogP contribution in [0.4, 0.5) is 5.69 Å². The number of nitrogens with one attached hydrogen (secondary N) is 1. The van der Waals surface area contributed by atoms with Crippen LogP contribution in [0.2, 0.25) is 5.15 Å². The standard InChI is InChI=1S/C14H10ClN3O2S/c15-14-6-5-12(9-17-14)21(19,20)18-11-7-10-3-1-2-4-13(10)16-8-11/h1-9,18H. The predicted octanol–water partition coefficient (Wildman–Crippen LogP) is 3.08. The van der Waals surface area contributed by atoms with Gasteiger partial charge in [0.1, 0.15) is 10.0 Å². The largest absolute Gasteiger partial charge is 0.278 e. The van der Waals surface area contributed by atoms with Gasteiger partial charge in [0.2, 0.25) is 0 Å². The molecule has 1 aromatic carbocycles. The van der Waals surface area contributed by atoms with E-state index in [1.54, 1.807) is 6.07 Å². The summed E-state index contributed by atoms with van der Waals surface area (Å²) in [7, 11) is -3.71. The van der Waals surface area contributed by atoms with E-state index in [0.717, 1.165) is 10.9 Å². The van der Waals surface area contributed by atoms with Gasteiger partial charge in [-0.3, -0.25) is 9.71 Å². The topological polar surface area (TPSA) is 72.0 Å². The lowest BCUT2D eigenvalue weighted by atomic mass is 10.2. The Hall–Kier alpha value is -2.18. The first kappa shape index (κ1) is 13.8. The Balaban J connectivity index is 1.95. The second-order valence-electron chi connectivity index (χ2n) is 4.34. The molecule has 0 aliphatic heterocycles. The number of hydrogen-bond acceptors (Lipinski definition) is 4. The van der Waals surface area contributed by atoms with Crippen molar-refractivity contribution >= 4 is 38.2 Å². The molecule has 0 amide bonds. The van der Waals surface area contributed by atoms with E-state index >= 15 is 0 Å². The third-order valence-corrected chi connectivity index (χ3v) is 4.44. The fourth-order valence-corrected chi connectivity index (χ4v) is 2.95. The summed E-state index contributed by atoms with van der Waals surface area (Å²) in [6, 6.07) is 12.0. The van der Waals surface area contributed by atoms with Gasteiger partial charge in [-0.15, -0.1) is 0 Å². The van der Waals surface area contributed by atoms with Gasteiger partial charge in [-0.25, -0.2) is 13.4 Å². The van der Waals surface area contributed by atoms with Gasteiger partial charge in [-0.2, -0.15) is 0 Å². The Kier molecular flexibility index (Phi) is 3.48. The van der Waals surface area contributed by atoms with Crippen LogP contribution in [0.3, 0.4) is 0 Å². The quantitative estimate of drug-likeness (QED) is 0.753. The lowest BCUT2D eigenvalue weighted by Gasteiger charge is -2.08. The van der Waals surface area contributed by atoms with Gasteiger partial charge in [0.25, 0.3) is 10.0 Å². The zero-order valence-electron chi connectivity index (χ0n) is 10.7. The van der Waals surface area contributed by atoms with Gasteiger partial charge in [-0.05, 0) is 24.3 Å². The highest BCUT2D eigenvalue weighted by Gasteiger charge is 2.15. The minimum atomic E-state index is -3.71. The van der Waals surface area contributed by atoms with Gasteiger partial charge in [0.05, 0.1) is 17.4 Å². The fourth-order valence-electron chi connectivity index (χ4n) is 1.86. The first-order chi connectivity index (χ1) is 10.0. The van der Waals surface area contributed by atoms with E-state index in [2.05, 4.69) is 14.7 Å². The summed E-state index contributed by atoms with van der Waals surface area (Å²) in [6.07, 6.45) is 2.68. The maximum Gasteiger partial charge on any atom is 0.263 e. The highest BCUT2D eigenvalue weighted by molar-refractivity contribution is 7.92. The molecular formula is C14H10ClN3O2S. The molecule has 0 spiro atoms. The van der Waals surface area contributed by atoms with Gasteiger partial charge >= 0.3 is 0 Å². The summed E-state index contributed by atoms with van der Waals surface area (Å²) in [5.74, 6) is 0. The lowest BCUT2D eigenvalue weighted by molar-refractivity contribution is 0.601. The van der Waals surface area contributed by atoms with Gasteiger partial charge in [-0.1, -0.05) is 29.8 Å². The molecule has 5 nitrogen and oxygen atoms in total. The molecule has 106 valence electrons. The summed E-state index contributed by atoms with van der Waals surface area (Å²) in [6.45, 7) is 0. The molecule has 0 unspecified atom stereocenters. The minimum Gasteiger partial charge on any atom is -0.278 e. The molecule has 2 heterocycles. The molecule has 1 N–H and O–H groups in total. The number of halogens is 1. The second-order valence-corrected chi connectivity index (χ2v) is 6.41. The normalized spacial score (nSPS) is 11.5. The van der Waals surface area contributed by atoms with Crippen LogP contribution in [0.5, 0.6) is 0 Å². The summed E-state index contributed by atoms with van der Waals surface area (Å²) < 4.78 is 26.9. The van der Waals surface area contributed by atoms with E-state index in [0.29, 0.717) is 5.69 Å². The summed E-state index contributed by atoms with van der Waals surface area (Å²) in [4.78, 5) is 8.02. The molecule has 0 radical (unpaired) electrons. The number of rotatable bonds is 3. The molecule has 0 atom stereocenters. The SMILES string of the molecule is O=S(=O)(Nc1cnc2ccccc2c1)c1ccc(Cl)nc1. The van der Waals surface area contributed by atoms with Crippen molar-refractivity contribution in [2.45, 2.75) is 4.90 Å². The number of pyridine rings is 2. The number of aromatic nitrogens is 2. The number of sulfonamides is 1. The maximum absolute atomic E-state index is 12.2. The van der Waals surface area contributed by atoms with E-state index in [9.17, 15) is 8.42 Å². The van der Waals surface area contributed by atoms with Crippen molar-refractivity contribution in [2.75, 3.05) is 4.72 Å². The molecular weight excluding hydrogens is 310 g/mol. The summed E-state index contributed by atoms with van der Waals surface area (Å²) >= 11 is 5.65. The van der Waals surface area contributed by atoms with E-state index in [-0.39, 0.29) is 10.0 Å². The van der Waals surface area contributed by atoms with Crippen molar-refractivity contribution in [2.24, 2.45) is 0 Å². The molecule has 21 heavy (non-hydrogen) atoms. The first-order valence-corrected chi connectivity index (χ1v) is 7.90. The minimum absolute atomic E-state index is 0.0417.